The maximum absolute atomic E-state index is 12.1. The summed E-state index contributed by atoms with van der Waals surface area (Å²) in [4.78, 5) is 27.0. The lowest BCUT2D eigenvalue weighted by molar-refractivity contribution is 0.123. The maximum Gasteiger partial charge on any atom is 0.407 e. The second kappa shape index (κ2) is 9.32. The summed E-state index contributed by atoms with van der Waals surface area (Å²) in [6.07, 6.45) is -1.25. The zero-order valence-electron chi connectivity index (χ0n) is 21.5. The Morgan fingerprint density at radius 2 is 1.51 bits per heavy atom. The highest BCUT2D eigenvalue weighted by molar-refractivity contribution is 5.86. The molecule has 3 heterocycles. The van der Waals surface area contributed by atoms with Crippen LogP contribution in [0.5, 0.6) is 0 Å². The van der Waals surface area contributed by atoms with Crippen LogP contribution in [0.3, 0.4) is 0 Å². The van der Waals surface area contributed by atoms with Gasteiger partial charge in [0.05, 0.1) is 19.6 Å². The smallest absolute Gasteiger partial charge is 0.407 e. The van der Waals surface area contributed by atoms with E-state index < -0.39 is 12.2 Å². The fraction of sp³-hybridized carbons (Fsp3) is 0.481. The summed E-state index contributed by atoms with van der Waals surface area (Å²) in [5.74, 6) is 0. The third-order valence-corrected chi connectivity index (χ3v) is 7.44. The van der Waals surface area contributed by atoms with Crippen molar-refractivity contribution in [3.05, 3.63) is 58.0 Å². The summed E-state index contributed by atoms with van der Waals surface area (Å²) in [5.41, 5.74) is 7.72. The minimum atomic E-state index is -0.972. The molecule has 0 bridgehead atoms. The maximum atomic E-state index is 12.1. The molecule has 2 aromatic heterocycles. The third kappa shape index (κ3) is 4.15. The van der Waals surface area contributed by atoms with E-state index in [1.165, 1.54) is 32.0 Å². The van der Waals surface area contributed by atoms with Crippen LogP contribution in [0.1, 0.15) is 68.4 Å². The Morgan fingerprint density at radius 1 is 0.943 bits per heavy atom. The highest BCUT2D eigenvalue weighted by Gasteiger charge is 2.32. The monoisotopic (exact) mass is 480 g/mol. The first-order chi connectivity index (χ1) is 16.6. The Balaban J connectivity index is 1.90. The van der Waals surface area contributed by atoms with Gasteiger partial charge in [-0.3, -0.25) is 0 Å². The Kier molecular flexibility index (Phi) is 6.58. The number of hydrogen-bond acceptors (Lipinski definition) is 2. The molecule has 0 unspecified atom stereocenters. The highest BCUT2D eigenvalue weighted by Crippen LogP contribution is 2.38. The summed E-state index contributed by atoms with van der Waals surface area (Å²) in [5, 5.41) is 21.0. The standard InChI is InChI=1S/C27H36N4O4/c1-7-28-23-11-9-8-10-19(23)20-12-24-22(14-30(17(4)5)27(34)35)21(13-29(16(2)3)26(32)33)18(6)31(24)15-25(20)28/h8-11,16-17H,7,12-15H2,1-6H3,(H,32,33)(H,34,35). The molecule has 8 nitrogen and oxygen atoms in total. The number of amides is 2. The van der Waals surface area contributed by atoms with Gasteiger partial charge in [-0.05, 0) is 64.3 Å². The van der Waals surface area contributed by atoms with Gasteiger partial charge >= 0.3 is 12.2 Å². The molecular weight excluding hydrogens is 444 g/mol. The molecule has 1 aliphatic heterocycles. The second-order valence-corrected chi connectivity index (χ2v) is 9.95. The van der Waals surface area contributed by atoms with Gasteiger partial charge in [0.1, 0.15) is 0 Å². The normalized spacial score (nSPS) is 12.8. The summed E-state index contributed by atoms with van der Waals surface area (Å²) >= 11 is 0. The number of aryl methyl sites for hydroxylation is 1. The quantitative estimate of drug-likeness (QED) is 0.365. The Morgan fingerprint density at radius 3 is 2.06 bits per heavy atom. The predicted octanol–water partition coefficient (Wildman–Crippen LogP) is 5.50. The van der Waals surface area contributed by atoms with Crippen LogP contribution in [-0.2, 0) is 32.6 Å². The van der Waals surface area contributed by atoms with E-state index in [1.54, 1.807) is 0 Å². The van der Waals surface area contributed by atoms with Gasteiger partial charge in [-0.2, -0.15) is 0 Å². The molecule has 4 rings (SSSR count). The topological polar surface area (TPSA) is 90.9 Å². The van der Waals surface area contributed by atoms with Crippen LogP contribution < -0.4 is 0 Å². The zero-order chi connectivity index (χ0) is 25.6. The summed E-state index contributed by atoms with van der Waals surface area (Å²) in [6, 6.07) is 8.06. The Labute approximate surface area is 206 Å². The van der Waals surface area contributed by atoms with E-state index in [-0.39, 0.29) is 25.2 Å². The van der Waals surface area contributed by atoms with Crippen molar-refractivity contribution >= 4 is 23.1 Å². The molecule has 0 fully saturated rings. The van der Waals surface area contributed by atoms with Crippen molar-refractivity contribution in [2.45, 2.75) is 86.2 Å². The first-order valence-corrected chi connectivity index (χ1v) is 12.3. The zero-order valence-corrected chi connectivity index (χ0v) is 21.5. The van der Waals surface area contributed by atoms with Crippen molar-refractivity contribution in [1.82, 2.24) is 18.9 Å². The summed E-state index contributed by atoms with van der Waals surface area (Å²) in [6.45, 7) is 13.7. The van der Waals surface area contributed by atoms with E-state index in [4.69, 9.17) is 0 Å². The number of benzene rings is 1. The predicted molar refractivity (Wildman–Crippen MR) is 136 cm³/mol. The number of aromatic nitrogens is 2. The van der Waals surface area contributed by atoms with Gasteiger partial charge in [-0.25, -0.2) is 9.59 Å². The second-order valence-electron chi connectivity index (χ2n) is 9.95. The van der Waals surface area contributed by atoms with Crippen molar-refractivity contribution in [3.63, 3.8) is 0 Å². The van der Waals surface area contributed by atoms with Crippen LogP contribution in [-0.4, -0.2) is 53.4 Å². The molecule has 35 heavy (non-hydrogen) atoms. The van der Waals surface area contributed by atoms with Crippen molar-refractivity contribution in [2.24, 2.45) is 0 Å². The third-order valence-electron chi connectivity index (χ3n) is 7.44. The van der Waals surface area contributed by atoms with Gasteiger partial charge in [0, 0.05) is 53.0 Å². The number of rotatable bonds is 7. The van der Waals surface area contributed by atoms with E-state index in [0.717, 1.165) is 29.1 Å². The van der Waals surface area contributed by atoms with Crippen molar-refractivity contribution in [3.8, 4) is 0 Å². The fourth-order valence-electron chi connectivity index (χ4n) is 5.50. The van der Waals surface area contributed by atoms with Crippen LogP contribution in [0.4, 0.5) is 9.59 Å². The molecule has 0 radical (unpaired) electrons. The van der Waals surface area contributed by atoms with Crippen molar-refractivity contribution in [1.29, 1.82) is 0 Å². The minimum absolute atomic E-state index is 0.192. The summed E-state index contributed by atoms with van der Waals surface area (Å²) in [7, 11) is 0. The molecular formula is C27H36N4O4. The average Bonchev–Trinajstić information content (AvgIpc) is 3.24. The lowest BCUT2D eigenvalue weighted by atomic mass is 9.98. The average molecular weight is 481 g/mol. The first-order valence-electron chi connectivity index (χ1n) is 12.3. The Hall–Kier alpha value is -3.42. The molecule has 0 aliphatic carbocycles. The van der Waals surface area contributed by atoms with E-state index in [9.17, 15) is 19.8 Å². The molecule has 188 valence electrons. The molecule has 2 amide bonds. The lowest BCUT2D eigenvalue weighted by Crippen LogP contribution is -2.37. The van der Waals surface area contributed by atoms with Crippen LogP contribution in [0, 0.1) is 6.92 Å². The van der Waals surface area contributed by atoms with Crippen molar-refractivity contribution < 1.29 is 19.8 Å². The van der Waals surface area contributed by atoms with Gasteiger partial charge < -0.3 is 29.1 Å². The first kappa shape index (κ1) is 24.7. The Bertz CT molecular complexity index is 1280. The molecule has 0 spiro atoms. The van der Waals surface area contributed by atoms with E-state index in [1.807, 2.05) is 34.6 Å². The number of fused-ring (bicyclic) bond motifs is 4. The number of carboxylic acid groups (broad SMARTS) is 2. The molecule has 0 atom stereocenters. The molecule has 1 aromatic carbocycles. The van der Waals surface area contributed by atoms with Crippen LogP contribution in [0.25, 0.3) is 10.9 Å². The SMILES string of the molecule is CCn1c2c(c3ccccc31)Cc1c(CN(C(=O)O)C(C)C)c(CN(C(=O)O)C(C)C)c(C)n1C2. The number of hydrogen-bond donors (Lipinski definition) is 2. The number of nitrogens with zero attached hydrogens (tertiary/aromatic N) is 4. The van der Waals surface area contributed by atoms with Gasteiger partial charge in [-0.1, -0.05) is 18.2 Å². The lowest BCUT2D eigenvalue weighted by Gasteiger charge is -2.27. The van der Waals surface area contributed by atoms with Crippen molar-refractivity contribution in [2.75, 3.05) is 0 Å². The molecule has 0 saturated heterocycles. The molecule has 3 aromatic rings. The van der Waals surface area contributed by atoms with Crippen LogP contribution in [0.2, 0.25) is 0 Å². The molecule has 0 saturated carbocycles. The minimum Gasteiger partial charge on any atom is -0.465 e. The van der Waals surface area contributed by atoms with Gasteiger partial charge in [0.25, 0.3) is 0 Å². The van der Waals surface area contributed by atoms with Gasteiger partial charge in [0.15, 0.2) is 0 Å². The number of carbonyl (C=O) groups is 2. The molecule has 8 heteroatoms. The van der Waals surface area contributed by atoms with Crippen LogP contribution in [0.15, 0.2) is 24.3 Å². The van der Waals surface area contributed by atoms with Gasteiger partial charge in [-0.15, -0.1) is 0 Å². The largest absolute Gasteiger partial charge is 0.465 e. The fourth-order valence-corrected chi connectivity index (χ4v) is 5.50. The highest BCUT2D eigenvalue weighted by atomic mass is 16.4. The van der Waals surface area contributed by atoms with Crippen LogP contribution >= 0.6 is 0 Å². The summed E-state index contributed by atoms with van der Waals surface area (Å²) < 4.78 is 4.64. The number of para-hydroxylation sites is 1. The van der Waals surface area contributed by atoms with Gasteiger partial charge in [0.2, 0.25) is 0 Å². The molecule has 1 aliphatic rings. The van der Waals surface area contributed by atoms with E-state index in [2.05, 4.69) is 40.3 Å². The van der Waals surface area contributed by atoms with E-state index >= 15 is 0 Å². The molecule has 2 N–H and O–H groups in total. The van der Waals surface area contributed by atoms with E-state index in [0.29, 0.717) is 13.0 Å².